The second-order valence-electron chi connectivity index (χ2n) is 2.51. The van der Waals surface area contributed by atoms with Gasteiger partial charge in [-0.1, -0.05) is 25.6 Å². The van der Waals surface area contributed by atoms with Gasteiger partial charge in [0.2, 0.25) is 0 Å². The van der Waals surface area contributed by atoms with Gasteiger partial charge in [0, 0.05) is 6.42 Å². The van der Waals surface area contributed by atoms with Crippen molar-refractivity contribution in [2.45, 2.75) is 26.7 Å². The van der Waals surface area contributed by atoms with E-state index in [0.29, 0.717) is 11.0 Å². The molecule has 1 nitrogen and oxygen atoms in total. The SMILES string of the molecule is CSC(=O)CCC(C)C. The fourth-order valence-electron chi connectivity index (χ4n) is 0.509. The average molecular weight is 146 g/mol. The summed E-state index contributed by atoms with van der Waals surface area (Å²) in [6.45, 7) is 4.27. The minimum Gasteiger partial charge on any atom is -0.287 e. The summed E-state index contributed by atoms with van der Waals surface area (Å²) < 4.78 is 0. The molecular formula is C7H14OS. The smallest absolute Gasteiger partial charge is 0.188 e. The van der Waals surface area contributed by atoms with Crippen molar-refractivity contribution in [2.75, 3.05) is 6.26 Å². The Kier molecular flexibility index (Phi) is 4.87. The van der Waals surface area contributed by atoms with E-state index < -0.39 is 0 Å². The third kappa shape index (κ3) is 5.90. The van der Waals surface area contributed by atoms with E-state index in [1.165, 1.54) is 11.8 Å². The van der Waals surface area contributed by atoms with E-state index in [-0.39, 0.29) is 0 Å². The van der Waals surface area contributed by atoms with Crippen molar-refractivity contribution in [3.63, 3.8) is 0 Å². The van der Waals surface area contributed by atoms with Crippen molar-refractivity contribution in [2.24, 2.45) is 5.92 Å². The summed E-state index contributed by atoms with van der Waals surface area (Å²) in [5.41, 5.74) is 0. The molecule has 0 aromatic heterocycles. The molecule has 0 heterocycles. The zero-order valence-corrected chi connectivity index (χ0v) is 7.12. The van der Waals surface area contributed by atoms with Crippen LogP contribution in [0.2, 0.25) is 0 Å². The Bertz CT molecular complexity index is 88.9. The molecule has 0 saturated heterocycles. The van der Waals surface area contributed by atoms with Crippen LogP contribution in [0.25, 0.3) is 0 Å². The molecule has 0 unspecified atom stereocenters. The third-order valence-electron chi connectivity index (χ3n) is 1.15. The molecule has 9 heavy (non-hydrogen) atoms. The van der Waals surface area contributed by atoms with Crippen molar-refractivity contribution in [1.29, 1.82) is 0 Å². The molecular weight excluding hydrogens is 132 g/mol. The van der Waals surface area contributed by atoms with Gasteiger partial charge in [0.1, 0.15) is 0 Å². The van der Waals surface area contributed by atoms with E-state index >= 15 is 0 Å². The van der Waals surface area contributed by atoms with Crippen LogP contribution in [-0.2, 0) is 4.79 Å². The zero-order chi connectivity index (χ0) is 7.28. The number of rotatable bonds is 3. The van der Waals surface area contributed by atoms with Crippen LogP contribution in [0.4, 0.5) is 0 Å². The lowest BCUT2D eigenvalue weighted by atomic mass is 10.1. The first-order chi connectivity index (χ1) is 4.16. The molecule has 0 atom stereocenters. The number of hydrogen-bond acceptors (Lipinski definition) is 2. The molecule has 54 valence electrons. The predicted molar refractivity (Wildman–Crippen MR) is 42.6 cm³/mol. The monoisotopic (exact) mass is 146 g/mol. The molecule has 0 saturated carbocycles. The Morgan fingerprint density at radius 3 is 2.44 bits per heavy atom. The molecule has 0 rings (SSSR count). The Balaban J connectivity index is 3.17. The minimum atomic E-state index is 0.309. The maximum absolute atomic E-state index is 10.7. The number of hydrogen-bond donors (Lipinski definition) is 0. The fraction of sp³-hybridized carbons (Fsp3) is 0.857. The van der Waals surface area contributed by atoms with Gasteiger partial charge in [0.15, 0.2) is 5.12 Å². The molecule has 0 aliphatic carbocycles. The van der Waals surface area contributed by atoms with E-state index in [1.54, 1.807) is 0 Å². The summed E-state index contributed by atoms with van der Waals surface area (Å²) in [5, 5.41) is 0.309. The summed E-state index contributed by atoms with van der Waals surface area (Å²) in [5.74, 6) is 0.654. The van der Waals surface area contributed by atoms with Crippen LogP contribution in [0.15, 0.2) is 0 Å². The van der Waals surface area contributed by atoms with Crippen molar-refractivity contribution in [3.05, 3.63) is 0 Å². The second kappa shape index (κ2) is 4.86. The van der Waals surface area contributed by atoms with Crippen molar-refractivity contribution < 1.29 is 4.79 Å². The van der Waals surface area contributed by atoms with Gasteiger partial charge in [0.25, 0.3) is 0 Å². The van der Waals surface area contributed by atoms with Crippen LogP contribution in [0.1, 0.15) is 26.7 Å². The predicted octanol–water partition coefficient (Wildman–Crippen LogP) is 2.31. The third-order valence-corrected chi connectivity index (χ3v) is 1.81. The molecule has 0 amide bonds. The summed E-state index contributed by atoms with van der Waals surface area (Å²) in [6.07, 6.45) is 3.60. The highest BCUT2D eigenvalue weighted by Crippen LogP contribution is 2.08. The van der Waals surface area contributed by atoms with Gasteiger partial charge in [-0.05, 0) is 18.6 Å². The standard InChI is InChI=1S/C7H14OS/c1-6(2)4-5-7(8)9-3/h6H,4-5H2,1-3H3. The Labute approximate surface area is 61.2 Å². The molecule has 0 aromatic carbocycles. The second-order valence-corrected chi connectivity index (χ2v) is 3.37. The Morgan fingerprint density at radius 1 is 1.56 bits per heavy atom. The fourth-order valence-corrected chi connectivity index (χ4v) is 0.831. The maximum Gasteiger partial charge on any atom is 0.188 e. The van der Waals surface area contributed by atoms with E-state index in [9.17, 15) is 4.79 Å². The van der Waals surface area contributed by atoms with Gasteiger partial charge >= 0.3 is 0 Å². The topological polar surface area (TPSA) is 17.1 Å². The highest BCUT2D eigenvalue weighted by Gasteiger charge is 1.99. The summed E-state index contributed by atoms with van der Waals surface area (Å²) in [7, 11) is 0. The lowest BCUT2D eigenvalue weighted by molar-refractivity contribution is -0.111. The molecule has 0 aliphatic rings. The van der Waals surface area contributed by atoms with Crippen molar-refractivity contribution in [3.8, 4) is 0 Å². The van der Waals surface area contributed by atoms with Crippen LogP contribution in [-0.4, -0.2) is 11.4 Å². The number of carbonyl (C=O) groups excluding carboxylic acids is 1. The Hall–Kier alpha value is 0.0200. The summed E-state index contributed by atoms with van der Waals surface area (Å²) >= 11 is 1.33. The highest BCUT2D eigenvalue weighted by atomic mass is 32.2. The van der Waals surface area contributed by atoms with Gasteiger partial charge in [-0.15, -0.1) is 0 Å². The molecule has 0 spiro atoms. The molecule has 0 aromatic rings. The molecule has 0 N–H and O–H groups in total. The van der Waals surface area contributed by atoms with Gasteiger partial charge in [-0.2, -0.15) is 0 Å². The molecule has 2 heteroatoms. The normalized spacial score (nSPS) is 10.2. The van der Waals surface area contributed by atoms with Gasteiger partial charge < -0.3 is 0 Å². The first-order valence-corrected chi connectivity index (χ1v) is 4.46. The molecule has 0 aliphatic heterocycles. The van der Waals surface area contributed by atoms with E-state index in [1.807, 2.05) is 6.26 Å². The van der Waals surface area contributed by atoms with Gasteiger partial charge in [0.05, 0.1) is 0 Å². The van der Waals surface area contributed by atoms with Crippen LogP contribution < -0.4 is 0 Å². The number of carbonyl (C=O) groups is 1. The summed E-state index contributed by atoms with van der Waals surface area (Å²) in [4.78, 5) is 10.7. The van der Waals surface area contributed by atoms with Crippen LogP contribution in [0.5, 0.6) is 0 Å². The first kappa shape index (κ1) is 9.02. The van der Waals surface area contributed by atoms with E-state index in [2.05, 4.69) is 13.8 Å². The van der Waals surface area contributed by atoms with Crippen molar-refractivity contribution in [1.82, 2.24) is 0 Å². The van der Waals surface area contributed by atoms with Crippen molar-refractivity contribution >= 4 is 16.9 Å². The Morgan fingerprint density at radius 2 is 2.11 bits per heavy atom. The quantitative estimate of drug-likeness (QED) is 0.607. The molecule has 0 bridgehead atoms. The minimum absolute atomic E-state index is 0.309. The van der Waals surface area contributed by atoms with Gasteiger partial charge in [-0.25, -0.2) is 0 Å². The zero-order valence-electron chi connectivity index (χ0n) is 6.31. The van der Waals surface area contributed by atoms with E-state index in [0.717, 1.165) is 12.8 Å². The van der Waals surface area contributed by atoms with Crippen LogP contribution in [0, 0.1) is 5.92 Å². The first-order valence-electron chi connectivity index (χ1n) is 3.23. The maximum atomic E-state index is 10.7. The largest absolute Gasteiger partial charge is 0.287 e. The molecule has 0 radical (unpaired) electrons. The van der Waals surface area contributed by atoms with Gasteiger partial charge in [-0.3, -0.25) is 4.79 Å². The average Bonchev–Trinajstić information content (AvgIpc) is 1.83. The lowest BCUT2D eigenvalue weighted by Crippen LogP contribution is -1.94. The molecule has 0 fully saturated rings. The summed E-state index contributed by atoms with van der Waals surface area (Å²) in [6, 6.07) is 0. The highest BCUT2D eigenvalue weighted by molar-refractivity contribution is 8.13. The van der Waals surface area contributed by atoms with Crippen LogP contribution >= 0.6 is 11.8 Å². The number of thioether (sulfide) groups is 1. The lowest BCUT2D eigenvalue weighted by Gasteiger charge is -1.99. The van der Waals surface area contributed by atoms with E-state index in [4.69, 9.17) is 0 Å². The van der Waals surface area contributed by atoms with Crippen LogP contribution in [0.3, 0.4) is 0 Å².